The Morgan fingerprint density at radius 3 is 3.00 bits per heavy atom. The molecular formula is C8H10ClN3O. The second-order valence-electron chi connectivity index (χ2n) is 2.93. The van der Waals surface area contributed by atoms with Gasteiger partial charge in [0.25, 0.3) is 0 Å². The predicted molar refractivity (Wildman–Crippen MR) is 48.9 cm³/mol. The maximum Gasteiger partial charge on any atom is 0.233 e. The molecule has 2 rings (SSSR count). The first-order valence-corrected chi connectivity index (χ1v) is 4.59. The summed E-state index contributed by atoms with van der Waals surface area (Å²) >= 11 is 5.59. The van der Waals surface area contributed by atoms with Crippen LogP contribution in [0, 0.1) is 0 Å². The Bertz CT molecular complexity index is 271. The van der Waals surface area contributed by atoms with Gasteiger partial charge in [0.15, 0.2) is 5.15 Å². The summed E-state index contributed by atoms with van der Waals surface area (Å²) in [5.74, 6) is 0.540. The van der Waals surface area contributed by atoms with Gasteiger partial charge in [-0.05, 0) is 19.0 Å². The molecule has 1 atom stereocenters. The van der Waals surface area contributed by atoms with E-state index in [0.717, 1.165) is 19.5 Å². The minimum Gasteiger partial charge on any atom is -0.472 e. The van der Waals surface area contributed by atoms with E-state index in [4.69, 9.17) is 16.3 Å². The highest BCUT2D eigenvalue weighted by atomic mass is 35.5. The molecule has 4 nitrogen and oxygen atoms in total. The molecule has 13 heavy (non-hydrogen) atoms. The molecule has 2 heterocycles. The van der Waals surface area contributed by atoms with Crippen LogP contribution in [0.25, 0.3) is 0 Å². The highest BCUT2D eigenvalue weighted by molar-refractivity contribution is 6.29. The van der Waals surface area contributed by atoms with Crippen molar-refractivity contribution in [3.63, 3.8) is 0 Å². The van der Waals surface area contributed by atoms with Crippen molar-refractivity contribution in [2.24, 2.45) is 0 Å². The van der Waals surface area contributed by atoms with Crippen LogP contribution in [-0.4, -0.2) is 29.4 Å². The molecule has 0 bridgehead atoms. The van der Waals surface area contributed by atoms with Crippen LogP contribution in [0.4, 0.5) is 0 Å². The normalized spacial score (nSPS) is 21.8. The molecule has 1 aromatic rings. The number of rotatable bonds is 2. The number of hydrogen-bond donors (Lipinski definition) is 1. The predicted octanol–water partition coefficient (Wildman–Crippen LogP) is 0.871. The zero-order valence-corrected chi connectivity index (χ0v) is 7.79. The Hall–Kier alpha value is -0.870. The number of hydrogen-bond acceptors (Lipinski definition) is 4. The molecule has 1 saturated heterocycles. The van der Waals surface area contributed by atoms with E-state index in [1.165, 1.54) is 0 Å². The van der Waals surface area contributed by atoms with Crippen molar-refractivity contribution in [3.8, 4) is 5.88 Å². The van der Waals surface area contributed by atoms with E-state index in [1.807, 2.05) is 0 Å². The quantitative estimate of drug-likeness (QED) is 0.768. The molecule has 0 radical (unpaired) electrons. The van der Waals surface area contributed by atoms with Crippen LogP contribution in [0.5, 0.6) is 5.88 Å². The molecule has 0 unspecified atom stereocenters. The van der Waals surface area contributed by atoms with Crippen molar-refractivity contribution in [1.82, 2.24) is 15.5 Å². The van der Waals surface area contributed by atoms with Crippen LogP contribution in [0.3, 0.4) is 0 Å². The SMILES string of the molecule is Clc1ccc(O[C@@H]2CCNC2)nn1. The number of nitrogens with one attached hydrogen (secondary N) is 1. The maximum absolute atomic E-state index is 5.59. The molecular weight excluding hydrogens is 190 g/mol. The molecule has 5 heteroatoms. The van der Waals surface area contributed by atoms with E-state index in [-0.39, 0.29) is 6.10 Å². The van der Waals surface area contributed by atoms with Crippen molar-refractivity contribution < 1.29 is 4.74 Å². The minimum atomic E-state index is 0.218. The molecule has 0 aliphatic carbocycles. The Kier molecular flexibility index (Phi) is 2.61. The molecule has 70 valence electrons. The average Bonchev–Trinajstić information content (AvgIpc) is 2.62. The largest absolute Gasteiger partial charge is 0.472 e. The molecule has 1 fully saturated rings. The number of halogens is 1. The van der Waals surface area contributed by atoms with E-state index in [0.29, 0.717) is 11.0 Å². The van der Waals surface area contributed by atoms with E-state index in [2.05, 4.69) is 15.5 Å². The molecule has 0 saturated carbocycles. The summed E-state index contributed by atoms with van der Waals surface area (Å²) in [4.78, 5) is 0. The minimum absolute atomic E-state index is 0.218. The summed E-state index contributed by atoms with van der Waals surface area (Å²) in [6, 6.07) is 3.40. The highest BCUT2D eigenvalue weighted by Gasteiger charge is 2.16. The van der Waals surface area contributed by atoms with Crippen molar-refractivity contribution in [3.05, 3.63) is 17.3 Å². The molecule has 0 amide bonds. The van der Waals surface area contributed by atoms with Crippen LogP contribution in [0.2, 0.25) is 5.15 Å². The molecule has 1 aliphatic rings. The van der Waals surface area contributed by atoms with Crippen molar-refractivity contribution >= 4 is 11.6 Å². The topological polar surface area (TPSA) is 47.0 Å². The number of aromatic nitrogens is 2. The first-order valence-electron chi connectivity index (χ1n) is 4.21. The van der Waals surface area contributed by atoms with Crippen LogP contribution >= 0.6 is 11.6 Å². The zero-order valence-electron chi connectivity index (χ0n) is 7.03. The lowest BCUT2D eigenvalue weighted by molar-refractivity contribution is 0.211. The summed E-state index contributed by atoms with van der Waals surface area (Å²) in [5, 5.41) is 11.1. The van der Waals surface area contributed by atoms with Gasteiger partial charge < -0.3 is 10.1 Å². The first-order chi connectivity index (χ1) is 6.34. The fourth-order valence-corrected chi connectivity index (χ4v) is 1.37. The lowest BCUT2D eigenvalue weighted by Gasteiger charge is -2.09. The molecule has 1 aromatic heterocycles. The highest BCUT2D eigenvalue weighted by Crippen LogP contribution is 2.12. The fraction of sp³-hybridized carbons (Fsp3) is 0.500. The Morgan fingerprint density at radius 2 is 2.38 bits per heavy atom. The lowest BCUT2D eigenvalue weighted by Crippen LogP contribution is -2.20. The number of ether oxygens (including phenoxy) is 1. The van der Waals surface area contributed by atoms with E-state index in [9.17, 15) is 0 Å². The van der Waals surface area contributed by atoms with Gasteiger partial charge in [-0.25, -0.2) is 0 Å². The van der Waals surface area contributed by atoms with E-state index in [1.54, 1.807) is 12.1 Å². The zero-order chi connectivity index (χ0) is 9.10. The van der Waals surface area contributed by atoms with E-state index < -0.39 is 0 Å². The van der Waals surface area contributed by atoms with Gasteiger partial charge in [-0.1, -0.05) is 11.6 Å². The third-order valence-electron chi connectivity index (χ3n) is 1.91. The lowest BCUT2D eigenvalue weighted by atomic mass is 10.3. The van der Waals surface area contributed by atoms with Crippen LogP contribution in [-0.2, 0) is 0 Å². The Morgan fingerprint density at radius 1 is 1.46 bits per heavy atom. The maximum atomic E-state index is 5.59. The summed E-state index contributed by atoms with van der Waals surface area (Å²) in [6.07, 6.45) is 1.24. The van der Waals surface area contributed by atoms with Gasteiger partial charge in [-0.15, -0.1) is 10.2 Å². The van der Waals surface area contributed by atoms with Gasteiger partial charge in [-0.2, -0.15) is 0 Å². The van der Waals surface area contributed by atoms with Crippen LogP contribution < -0.4 is 10.1 Å². The van der Waals surface area contributed by atoms with E-state index >= 15 is 0 Å². The van der Waals surface area contributed by atoms with Gasteiger partial charge >= 0.3 is 0 Å². The monoisotopic (exact) mass is 199 g/mol. The van der Waals surface area contributed by atoms with Crippen molar-refractivity contribution in [2.75, 3.05) is 13.1 Å². The standard InChI is InChI=1S/C8H10ClN3O/c9-7-1-2-8(12-11-7)13-6-3-4-10-5-6/h1-2,6,10H,3-5H2/t6-/m1/s1. The van der Waals surface area contributed by atoms with Gasteiger partial charge in [0.05, 0.1) is 0 Å². The fourth-order valence-electron chi connectivity index (χ4n) is 1.27. The van der Waals surface area contributed by atoms with Crippen LogP contribution in [0.15, 0.2) is 12.1 Å². The van der Waals surface area contributed by atoms with Gasteiger partial charge in [-0.3, -0.25) is 0 Å². The van der Waals surface area contributed by atoms with Crippen LogP contribution in [0.1, 0.15) is 6.42 Å². The second-order valence-corrected chi connectivity index (χ2v) is 3.31. The molecule has 0 aromatic carbocycles. The third-order valence-corrected chi connectivity index (χ3v) is 2.11. The van der Waals surface area contributed by atoms with Gasteiger partial charge in [0.2, 0.25) is 5.88 Å². The Balaban J connectivity index is 1.97. The molecule has 1 N–H and O–H groups in total. The van der Waals surface area contributed by atoms with Crippen molar-refractivity contribution in [1.29, 1.82) is 0 Å². The summed E-state index contributed by atoms with van der Waals surface area (Å²) in [7, 11) is 0. The van der Waals surface area contributed by atoms with Gasteiger partial charge in [0.1, 0.15) is 6.10 Å². The average molecular weight is 200 g/mol. The smallest absolute Gasteiger partial charge is 0.233 e. The summed E-state index contributed by atoms with van der Waals surface area (Å²) < 4.78 is 5.54. The Labute approximate surface area is 81.3 Å². The first kappa shape index (κ1) is 8.72. The summed E-state index contributed by atoms with van der Waals surface area (Å²) in [5.41, 5.74) is 0. The molecule has 0 spiro atoms. The second kappa shape index (κ2) is 3.89. The van der Waals surface area contributed by atoms with Crippen molar-refractivity contribution in [2.45, 2.75) is 12.5 Å². The summed E-state index contributed by atoms with van der Waals surface area (Å²) in [6.45, 7) is 1.88. The molecule has 1 aliphatic heterocycles. The number of nitrogens with zero attached hydrogens (tertiary/aromatic N) is 2. The third kappa shape index (κ3) is 2.29. The van der Waals surface area contributed by atoms with Gasteiger partial charge in [0, 0.05) is 12.6 Å².